The van der Waals surface area contributed by atoms with Gasteiger partial charge in [-0.25, -0.2) is 9.78 Å². The Morgan fingerprint density at radius 1 is 1.27 bits per heavy atom. The van der Waals surface area contributed by atoms with Gasteiger partial charge in [0.1, 0.15) is 16.9 Å². The molecule has 1 aromatic carbocycles. The number of para-hydroxylation sites is 1. The van der Waals surface area contributed by atoms with Gasteiger partial charge < -0.3 is 14.5 Å². The molecule has 2 aromatic rings. The number of hydrogen-bond acceptors (Lipinski definition) is 5. The molecule has 0 atom stereocenters. The van der Waals surface area contributed by atoms with Crippen LogP contribution in [0.1, 0.15) is 43.4 Å². The van der Waals surface area contributed by atoms with E-state index in [9.17, 15) is 9.59 Å². The lowest BCUT2D eigenvalue weighted by Gasteiger charge is -2.19. The highest BCUT2D eigenvalue weighted by Crippen LogP contribution is 2.18. The highest BCUT2D eigenvalue weighted by molar-refractivity contribution is 6.01. The number of aromatic nitrogens is 2. The number of rotatable bonds is 4. The van der Waals surface area contributed by atoms with Crippen molar-refractivity contribution in [1.29, 1.82) is 0 Å². The second kappa shape index (κ2) is 6.17. The largest absolute Gasteiger partial charge is 0.465 e. The molecule has 0 radical (unpaired) electrons. The number of methoxy groups -OCH3 is 1. The third-order valence-electron chi connectivity index (χ3n) is 2.95. The smallest absolute Gasteiger partial charge is 0.340 e. The standard InChI is InChI=1S/C16H20N2O4/c1-16(2,3)22-13(19)9-8-12-17-11-7-5-6-10(14(11)18-12)15(20)21-4/h5-7H,8-9H2,1-4H3,(H,17,18). The molecule has 118 valence electrons. The van der Waals surface area contributed by atoms with Crippen LogP contribution < -0.4 is 0 Å². The van der Waals surface area contributed by atoms with Gasteiger partial charge in [0.05, 0.1) is 24.6 Å². The summed E-state index contributed by atoms with van der Waals surface area (Å²) in [7, 11) is 1.33. The zero-order valence-electron chi connectivity index (χ0n) is 13.2. The lowest BCUT2D eigenvalue weighted by Crippen LogP contribution is -2.24. The number of aryl methyl sites for hydroxylation is 1. The number of nitrogens with zero attached hydrogens (tertiary/aromatic N) is 1. The van der Waals surface area contributed by atoms with Crippen LogP contribution in [0.25, 0.3) is 11.0 Å². The molecule has 6 heteroatoms. The van der Waals surface area contributed by atoms with Crippen LogP contribution in [-0.2, 0) is 20.7 Å². The highest BCUT2D eigenvalue weighted by atomic mass is 16.6. The van der Waals surface area contributed by atoms with Gasteiger partial charge in [-0.2, -0.15) is 0 Å². The number of carbonyl (C=O) groups excluding carboxylic acids is 2. The fourth-order valence-corrected chi connectivity index (χ4v) is 2.09. The Labute approximate surface area is 128 Å². The van der Waals surface area contributed by atoms with Gasteiger partial charge in [0.2, 0.25) is 0 Å². The van der Waals surface area contributed by atoms with E-state index < -0.39 is 11.6 Å². The summed E-state index contributed by atoms with van der Waals surface area (Å²) in [6.45, 7) is 5.48. The molecule has 1 heterocycles. The maximum Gasteiger partial charge on any atom is 0.340 e. The topological polar surface area (TPSA) is 81.3 Å². The molecule has 1 N–H and O–H groups in total. The first-order chi connectivity index (χ1) is 10.3. The first-order valence-electron chi connectivity index (χ1n) is 7.08. The molecule has 0 unspecified atom stereocenters. The second-order valence-corrected chi connectivity index (χ2v) is 5.96. The minimum Gasteiger partial charge on any atom is -0.465 e. The van der Waals surface area contributed by atoms with Crippen LogP contribution >= 0.6 is 0 Å². The van der Waals surface area contributed by atoms with E-state index in [4.69, 9.17) is 9.47 Å². The molecular weight excluding hydrogens is 284 g/mol. The van der Waals surface area contributed by atoms with Crippen molar-refractivity contribution in [3.05, 3.63) is 29.6 Å². The molecular formula is C16H20N2O4. The molecule has 2 rings (SSSR count). The van der Waals surface area contributed by atoms with E-state index in [-0.39, 0.29) is 12.4 Å². The quantitative estimate of drug-likeness (QED) is 0.878. The average Bonchev–Trinajstić information content (AvgIpc) is 2.85. The van der Waals surface area contributed by atoms with Crippen LogP contribution in [0, 0.1) is 0 Å². The van der Waals surface area contributed by atoms with Crippen LogP contribution in [0.15, 0.2) is 18.2 Å². The van der Waals surface area contributed by atoms with E-state index in [1.165, 1.54) is 7.11 Å². The van der Waals surface area contributed by atoms with Gasteiger partial charge in [0.15, 0.2) is 0 Å². The van der Waals surface area contributed by atoms with Gasteiger partial charge >= 0.3 is 11.9 Å². The van der Waals surface area contributed by atoms with Gasteiger partial charge in [-0.3, -0.25) is 4.79 Å². The number of nitrogens with one attached hydrogen (secondary N) is 1. The molecule has 0 aliphatic heterocycles. The number of fused-ring (bicyclic) bond motifs is 1. The summed E-state index contributed by atoms with van der Waals surface area (Å²) in [4.78, 5) is 30.9. The molecule has 0 saturated heterocycles. The maximum atomic E-state index is 11.7. The van der Waals surface area contributed by atoms with E-state index in [1.54, 1.807) is 12.1 Å². The summed E-state index contributed by atoms with van der Waals surface area (Å²) in [5.41, 5.74) is 1.19. The number of H-pyrrole nitrogens is 1. The zero-order valence-corrected chi connectivity index (χ0v) is 13.2. The lowest BCUT2D eigenvalue weighted by atomic mass is 10.2. The Balaban J connectivity index is 2.13. The lowest BCUT2D eigenvalue weighted by molar-refractivity contribution is -0.154. The van der Waals surface area contributed by atoms with Crippen LogP contribution in [-0.4, -0.2) is 34.6 Å². The van der Waals surface area contributed by atoms with E-state index in [2.05, 4.69) is 9.97 Å². The van der Waals surface area contributed by atoms with E-state index in [0.29, 0.717) is 23.3 Å². The van der Waals surface area contributed by atoms with Gasteiger partial charge in [-0.05, 0) is 32.9 Å². The summed E-state index contributed by atoms with van der Waals surface area (Å²) < 4.78 is 10.00. The van der Waals surface area contributed by atoms with Gasteiger partial charge in [0.25, 0.3) is 0 Å². The molecule has 0 amide bonds. The molecule has 0 aliphatic carbocycles. The Hall–Kier alpha value is -2.37. The zero-order chi connectivity index (χ0) is 16.3. The normalized spacial score (nSPS) is 11.5. The van der Waals surface area contributed by atoms with Gasteiger partial charge in [-0.15, -0.1) is 0 Å². The van der Waals surface area contributed by atoms with E-state index >= 15 is 0 Å². The molecule has 0 spiro atoms. The molecule has 0 fully saturated rings. The minimum absolute atomic E-state index is 0.227. The average molecular weight is 304 g/mol. The van der Waals surface area contributed by atoms with Crippen LogP contribution in [0.5, 0.6) is 0 Å². The molecule has 0 bridgehead atoms. The number of benzene rings is 1. The summed E-state index contributed by atoms with van der Waals surface area (Å²) in [6, 6.07) is 5.24. The molecule has 6 nitrogen and oxygen atoms in total. The Morgan fingerprint density at radius 3 is 2.64 bits per heavy atom. The number of aromatic amines is 1. The summed E-state index contributed by atoms with van der Waals surface area (Å²) in [5.74, 6) is -0.0749. The van der Waals surface area contributed by atoms with Crippen molar-refractivity contribution in [3.63, 3.8) is 0 Å². The molecule has 1 aromatic heterocycles. The maximum absolute atomic E-state index is 11.7. The Kier molecular flexibility index (Phi) is 4.49. The van der Waals surface area contributed by atoms with Crippen LogP contribution in [0.3, 0.4) is 0 Å². The molecule has 0 saturated carbocycles. The predicted molar refractivity (Wildman–Crippen MR) is 81.6 cm³/mol. The van der Waals surface area contributed by atoms with Crippen molar-refractivity contribution < 1.29 is 19.1 Å². The van der Waals surface area contributed by atoms with Crippen molar-refractivity contribution in [2.45, 2.75) is 39.2 Å². The number of hydrogen-bond donors (Lipinski definition) is 1. The van der Waals surface area contributed by atoms with Gasteiger partial charge in [-0.1, -0.05) is 6.07 Å². The van der Waals surface area contributed by atoms with E-state index in [1.807, 2.05) is 26.8 Å². The fourth-order valence-electron chi connectivity index (χ4n) is 2.09. The summed E-state index contributed by atoms with van der Waals surface area (Å²) in [6.07, 6.45) is 0.648. The molecule has 0 aliphatic rings. The Bertz CT molecular complexity index is 698. The third kappa shape index (κ3) is 3.84. The van der Waals surface area contributed by atoms with Crippen LogP contribution in [0.2, 0.25) is 0 Å². The number of ether oxygens (including phenoxy) is 2. The predicted octanol–water partition coefficient (Wildman–Crippen LogP) is 2.62. The summed E-state index contributed by atoms with van der Waals surface area (Å²) >= 11 is 0. The first-order valence-corrected chi connectivity index (χ1v) is 7.08. The van der Waals surface area contributed by atoms with E-state index in [0.717, 1.165) is 5.52 Å². The number of esters is 2. The molecule has 22 heavy (non-hydrogen) atoms. The van der Waals surface area contributed by atoms with Crippen molar-refractivity contribution >= 4 is 23.0 Å². The SMILES string of the molecule is COC(=O)c1cccc2[nH]c(CCC(=O)OC(C)(C)C)nc12. The minimum atomic E-state index is -0.497. The monoisotopic (exact) mass is 304 g/mol. The number of imidazole rings is 1. The summed E-state index contributed by atoms with van der Waals surface area (Å²) in [5, 5.41) is 0. The van der Waals surface area contributed by atoms with Gasteiger partial charge in [0, 0.05) is 6.42 Å². The van der Waals surface area contributed by atoms with Crippen molar-refractivity contribution in [2.24, 2.45) is 0 Å². The fraction of sp³-hybridized carbons (Fsp3) is 0.438. The second-order valence-electron chi connectivity index (χ2n) is 5.96. The van der Waals surface area contributed by atoms with Crippen molar-refractivity contribution in [3.8, 4) is 0 Å². The number of carbonyl (C=O) groups is 2. The third-order valence-corrected chi connectivity index (χ3v) is 2.95. The van der Waals surface area contributed by atoms with Crippen LogP contribution in [0.4, 0.5) is 0 Å². The van der Waals surface area contributed by atoms with Crippen molar-refractivity contribution in [2.75, 3.05) is 7.11 Å². The van der Waals surface area contributed by atoms with Crippen molar-refractivity contribution in [1.82, 2.24) is 9.97 Å². The first kappa shape index (κ1) is 16.0. The Morgan fingerprint density at radius 2 is 2.00 bits per heavy atom. The highest BCUT2D eigenvalue weighted by Gasteiger charge is 2.18.